The second-order valence-corrected chi connectivity index (χ2v) is 5.82. The van der Waals surface area contributed by atoms with Gasteiger partial charge in [-0.25, -0.2) is 9.97 Å². The smallest absolute Gasteiger partial charge is 0.309 e. The first-order valence-corrected chi connectivity index (χ1v) is 8.02. The maximum atomic E-state index is 11.1. The third-order valence-electron chi connectivity index (χ3n) is 3.78. The molecule has 0 saturated carbocycles. The van der Waals surface area contributed by atoms with Gasteiger partial charge in [-0.05, 0) is 5.56 Å². The average molecular weight is 333 g/mol. The van der Waals surface area contributed by atoms with Crippen molar-refractivity contribution < 1.29 is 9.90 Å². The van der Waals surface area contributed by atoms with Gasteiger partial charge in [-0.2, -0.15) is 0 Å². The molecule has 3 aromatic rings. The predicted octanol–water partition coefficient (Wildman–Crippen LogP) is 3.41. The first kappa shape index (κ1) is 16.6. The molecule has 0 amide bonds. The van der Waals surface area contributed by atoms with E-state index in [4.69, 9.17) is 5.11 Å². The molecule has 0 unspecified atom stereocenters. The molecule has 126 valence electrons. The zero-order valence-corrected chi connectivity index (χ0v) is 14.0. The monoisotopic (exact) mass is 333 g/mol. The van der Waals surface area contributed by atoms with Crippen molar-refractivity contribution in [3.8, 4) is 11.4 Å². The Bertz CT molecular complexity index is 851. The number of rotatable bonds is 6. The Morgan fingerprint density at radius 3 is 2.28 bits per heavy atom. The van der Waals surface area contributed by atoms with E-state index in [0.717, 1.165) is 11.1 Å². The molecule has 0 spiro atoms. The van der Waals surface area contributed by atoms with Crippen LogP contribution in [0.1, 0.15) is 11.3 Å². The summed E-state index contributed by atoms with van der Waals surface area (Å²) >= 11 is 0. The topological polar surface area (TPSA) is 66.3 Å². The zero-order chi connectivity index (χ0) is 17.6. The highest BCUT2D eigenvalue weighted by atomic mass is 16.4. The number of hydrogen-bond donors (Lipinski definition) is 1. The van der Waals surface area contributed by atoms with Crippen molar-refractivity contribution in [2.45, 2.75) is 13.0 Å². The van der Waals surface area contributed by atoms with Gasteiger partial charge in [0.15, 0.2) is 5.82 Å². The minimum Gasteiger partial charge on any atom is -0.481 e. The number of carboxylic acids is 1. The van der Waals surface area contributed by atoms with Gasteiger partial charge in [0.25, 0.3) is 0 Å². The average Bonchev–Trinajstić information content (AvgIpc) is 2.62. The summed E-state index contributed by atoms with van der Waals surface area (Å²) < 4.78 is 0. The molecular weight excluding hydrogens is 314 g/mol. The summed E-state index contributed by atoms with van der Waals surface area (Å²) in [5.74, 6) is 0.331. The van der Waals surface area contributed by atoms with Crippen molar-refractivity contribution in [3.05, 3.63) is 78.0 Å². The Kier molecular flexibility index (Phi) is 5.04. The van der Waals surface area contributed by atoms with Crippen LogP contribution in [0.2, 0.25) is 0 Å². The highest BCUT2D eigenvalue weighted by Crippen LogP contribution is 2.21. The number of benzene rings is 2. The standard InChI is InChI=1S/C20H19N3O2/c1-23(14-15-8-4-2-5-9-15)18-12-17(13-19(24)25)21-20(22-18)16-10-6-3-7-11-16/h2-12H,13-14H2,1H3,(H,24,25). The minimum absolute atomic E-state index is 0.130. The zero-order valence-electron chi connectivity index (χ0n) is 14.0. The molecule has 5 nitrogen and oxygen atoms in total. The highest BCUT2D eigenvalue weighted by Gasteiger charge is 2.12. The lowest BCUT2D eigenvalue weighted by Crippen LogP contribution is -2.19. The van der Waals surface area contributed by atoms with Gasteiger partial charge < -0.3 is 10.0 Å². The van der Waals surface area contributed by atoms with E-state index in [9.17, 15) is 4.79 Å². The van der Waals surface area contributed by atoms with E-state index in [0.29, 0.717) is 23.9 Å². The van der Waals surface area contributed by atoms with Crippen LogP contribution >= 0.6 is 0 Å². The van der Waals surface area contributed by atoms with Crippen molar-refractivity contribution in [1.29, 1.82) is 0 Å². The molecule has 2 aromatic carbocycles. The molecule has 0 fully saturated rings. The van der Waals surface area contributed by atoms with Gasteiger partial charge in [0.2, 0.25) is 0 Å². The van der Waals surface area contributed by atoms with Crippen LogP contribution in [0.15, 0.2) is 66.7 Å². The van der Waals surface area contributed by atoms with Gasteiger partial charge in [-0.3, -0.25) is 4.79 Å². The summed E-state index contributed by atoms with van der Waals surface area (Å²) in [6, 6.07) is 21.4. The number of aromatic nitrogens is 2. The summed E-state index contributed by atoms with van der Waals surface area (Å²) in [5, 5.41) is 9.12. The number of nitrogens with zero attached hydrogens (tertiary/aromatic N) is 3. The second-order valence-electron chi connectivity index (χ2n) is 5.82. The lowest BCUT2D eigenvalue weighted by atomic mass is 10.2. The van der Waals surface area contributed by atoms with Crippen molar-refractivity contribution >= 4 is 11.8 Å². The Morgan fingerprint density at radius 2 is 1.64 bits per heavy atom. The summed E-state index contributed by atoms with van der Waals surface area (Å²) in [6.45, 7) is 0.679. The molecular formula is C20H19N3O2. The van der Waals surface area contributed by atoms with E-state index in [-0.39, 0.29) is 6.42 Å². The van der Waals surface area contributed by atoms with Crippen molar-refractivity contribution in [3.63, 3.8) is 0 Å². The number of hydrogen-bond acceptors (Lipinski definition) is 4. The Hall–Kier alpha value is -3.21. The maximum Gasteiger partial charge on any atom is 0.309 e. The Balaban J connectivity index is 1.95. The summed E-state index contributed by atoms with van der Waals surface area (Å²) in [6.07, 6.45) is -0.130. The highest BCUT2D eigenvalue weighted by molar-refractivity contribution is 5.70. The molecule has 25 heavy (non-hydrogen) atoms. The molecule has 1 N–H and O–H groups in total. The van der Waals surface area contributed by atoms with Crippen LogP contribution in [0.5, 0.6) is 0 Å². The quantitative estimate of drug-likeness (QED) is 0.749. The third-order valence-corrected chi connectivity index (χ3v) is 3.78. The van der Waals surface area contributed by atoms with Crippen molar-refractivity contribution in [1.82, 2.24) is 9.97 Å². The predicted molar refractivity (Wildman–Crippen MR) is 97.4 cm³/mol. The van der Waals surface area contributed by atoms with Crippen LogP contribution in [0.25, 0.3) is 11.4 Å². The van der Waals surface area contributed by atoms with Crippen LogP contribution in [0.4, 0.5) is 5.82 Å². The molecule has 3 rings (SSSR count). The first-order valence-electron chi connectivity index (χ1n) is 8.02. The molecule has 0 atom stereocenters. The Labute approximate surface area is 146 Å². The molecule has 0 bridgehead atoms. The molecule has 0 radical (unpaired) electrons. The fourth-order valence-electron chi connectivity index (χ4n) is 2.58. The fourth-order valence-corrected chi connectivity index (χ4v) is 2.58. The van der Waals surface area contributed by atoms with Gasteiger partial charge in [-0.15, -0.1) is 0 Å². The van der Waals surface area contributed by atoms with Gasteiger partial charge >= 0.3 is 5.97 Å². The van der Waals surface area contributed by atoms with Crippen LogP contribution in [0, 0.1) is 0 Å². The number of aliphatic carboxylic acids is 1. The van der Waals surface area contributed by atoms with Gasteiger partial charge in [0, 0.05) is 25.2 Å². The van der Waals surface area contributed by atoms with Crippen LogP contribution < -0.4 is 4.90 Å². The maximum absolute atomic E-state index is 11.1. The summed E-state index contributed by atoms with van der Waals surface area (Å²) in [4.78, 5) is 22.2. The van der Waals surface area contributed by atoms with Crippen LogP contribution in [-0.2, 0) is 17.8 Å². The van der Waals surface area contributed by atoms with E-state index >= 15 is 0 Å². The first-order chi connectivity index (χ1) is 12.1. The van der Waals surface area contributed by atoms with E-state index in [1.165, 1.54) is 0 Å². The third kappa shape index (κ3) is 4.41. The van der Waals surface area contributed by atoms with Crippen molar-refractivity contribution in [2.75, 3.05) is 11.9 Å². The minimum atomic E-state index is -0.908. The SMILES string of the molecule is CN(Cc1ccccc1)c1cc(CC(=O)O)nc(-c2ccccc2)n1. The van der Waals surface area contributed by atoms with Gasteiger partial charge in [0.1, 0.15) is 5.82 Å². The lowest BCUT2D eigenvalue weighted by molar-refractivity contribution is -0.136. The van der Waals surface area contributed by atoms with Gasteiger partial charge in [-0.1, -0.05) is 60.7 Å². The molecule has 0 aliphatic carbocycles. The second kappa shape index (κ2) is 7.57. The normalized spacial score (nSPS) is 10.4. The Morgan fingerprint density at radius 1 is 1.00 bits per heavy atom. The lowest BCUT2D eigenvalue weighted by Gasteiger charge is -2.19. The van der Waals surface area contributed by atoms with Crippen LogP contribution in [-0.4, -0.2) is 28.1 Å². The van der Waals surface area contributed by atoms with Crippen LogP contribution in [0.3, 0.4) is 0 Å². The summed E-state index contributed by atoms with van der Waals surface area (Å²) in [7, 11) is 1.94. The van der Waals surface area contributed by atoms with Gasteiger partial charge in [0.05, 0.1) is 12.1 Å². The molecule has 1 heterocycles. The van der Waals surface area contributed by atoms with E-state index in [2.05, 4.69) is 9.97 Å². The molecule has 0 aliphatic heterocycles. The van der Waals surface area contributed by atoms with E-state index in [1.54, 1.807) is 6.07 Å². The summed E-state index contributed by atoms with van der Waals surface area (Å²) in [5.41, 5.74) is 2.52. The number of anilines is 1. The number of carboxylic acid groups (broad SMARTS) is 1. The van der Waals surface area contributed by atoms with E-state index < -0.39 is 5.97 Å². The molecule has 1 aromatic heterocycles. The van der Waals surface area contributed by atoms with E-state index in [1.807, 2.05) is 72.6 Å². The van der Waals surface area contributed by atoms with Crippen molar-refractivity contribution in [2.24, 2.45) is 0 Å². The largest absolute Gasteiger partial charge is 0.481 e. The fraction of sp³-hybridized carbons (Fsp3) is 0.150. The number of carbonyl (C=O) groups is 1. The molecule has 5 heteroatoms. The molecule has 0 aliphatic rings. The molecule has 0 saturated heterocycles.